The second kappa shape index (κ2) is 5.52. The van der Waals surface area contributed by atoms with Crippen molar-refractivity contribution < 1.29 is 17.7 Å². The molecule has 0 aliphatic heterocycles. The van der Waals surface area contributed by atoms with Gasteiger partial charge in [0.05, 0.1) is 11.4 Å². The summed E-state index contributed by atoms with van der Waals surface area (Å²) in [6.45, 7) is 1.70. The zero-order valence-corrected chi connectivity index (χ0v) is 12.3. The highest BCUT2D eigenvalue weighted by Gasteiger charge is 2.14. The highest BCUT2D eigenvalue weighted by Crippen LogP contribution is 2.16. The Labute approximate surface area is 121 Å². The molecule has 2 rings (SSSR count). The molecule has 112 valence electrons. The monoisotopic (exact) mass is 310 g/mol. The lowest BCUT2D eigenvalue weighted by Crippen LogP contribution is -2.23. The van der Waals surface area contributed by atoms with Crippen LogP contribution in [0.3, 0.4) is 0 Å². The Hall–Kier alpha value is -2.42. The number of rotatable bonds is 4. The number of carbonyl (C=O) groups excluding carboxylic acids is 1. The molecule has 0 aliphatic carbocycles. The first-order valence-electron chi connectivity index (χ1n) is 5.94. The number of aryl methyl sites for hydroxylation is 1. The van der Waals surface area contributed by atoms with Crippen LogP contribution in [0.15, 0.2) is 27.6 Å². The molecule has 0 saturated carbocycles. The third kappa shape index (κ3) is 3.78. The molecule has 9 heteroatoms. The van der Waals surface area contributed by atoms with Crippen LogP contribution in [-0.2, 0) is 16.4 Å². The van der Waals surface area contributed by atoms with Crippen LogP contribution in [0, 0.1) is 6.92 Å². The van der Waals surface area contributed by atoms with Crippen LogP contribution in [0.25, 0.3) is 0 Å². The van der Waals surface area contributed by atoms with Crippen LogP contribution in [0.5, 0.6) is 0 Å². The first-order chi connectivity index (χ1) is 9.75. The number of hydrogen-bond acceptors (Lipinski definition) is 7. The van der Waals surface area contributed by atoms with E-state index in [1.54, 1.807) is 6.92 Å². The molecule has 0 bridgehead atoms. The average Bonchev–Trinajstić information content (AvgIpc) is 2.80. The minimum absolute atomic E-state index is 0.0111. The summed E-state index contributed by atoms with van der Waals surface area (Å²) in [4.78, 5) is 15.9. The number of nitrogens with zero attached hydrogens (tertiary/aromatic N) is 2. The summed E-state index contributed by atoms with van der Waals surface area (Å²) in [6, 6.07) is 3.96. The SMILES string of the molecule is Cc1nc(CNC(=O)c2cc(N)cc(S(C)(=O)=O)c2)no1. The Kier molecular flexibility index (Phi) is 3.94. The van der Waals surface area contributed by atoms with Crippen molar-refractivity contribution in [2.45, 2.75) is 18.4 Å². The van der Waals surface area contributed by atoms with E-state index in [0.29, 0.717) is 11.7 Å². The van der Waals surface area contributed by atoms with Crippen LogP contribution >= 0.6 is 0 Å². The van der Waals surface area contributed by atoms with Gasteiger partial charge in [-0.2, -0.15) is 4.98 Å². The zero-order valence-electron chi connectivity index (χ0n) is 11.5. The second-order valence-corrected chi connectivity index (χ2v) is 6.49. The Bertz CT molecular complexity index is 782. The lowest BCUT2D eigenvalue weighted by Gasteiger charge is -2.06. The summed E-state index contributed by atoms with van der Waals surface area (Å²) >= 11 is 0. The molecule has 0 saturated heterocycles. The average molecular weight is 310 g/mol. The number of aromatic nitrogens is 2. The first-order valence-corrected chi connectivity index (χ1v) is 7.83. The summed E-state index contributed by atoms with van der Waals surface area (Å²) in [7, 11) is -3.44. The molecule has 8 nitrogen and oxygen atoms in total. The molecule has 3 N–H and O–H groups in total. The molecule has 0 aliphatic rings. The van der Waals surface area contributed by atoms with Gasteiger partial charge in [0, 0.05) is 24.4 Å². The van der Waals surface area contributed by atoms with E-state index in [2.05, 4.69) is 15.5 Å². The van der Waals surface area contributed by atoms with E-state index in [4.69, 9.17) is 10.3 Å². The largest absolute Gasteiger partial charge is 0.399 e. The van der Waals surface area contributed by atoms with Crippen molar-refractivity contribution >= 4 is 21.4 Å². The number of carbonyl (C=O) groups is 1. The number of nitrogens with two attached hydrogens (primary N) is 1. The van der Waals surface area contributed by atoms with Gasteiger partial charge in [0.2, 0.25) is 5.89 Å². The summed E-state index contributed by atoms with van der Waals surface area (Å²) in [6.07, 6.45) is 1.05. The van der Waals surface area contributed by atoms with Gasteiger partial charge in [0.15, 0.2) is 15.7 Å². The van der Waals surface area contributed by atoms with Crippen molar-refractivity contribution in [2.24, 2.45) is 0 Å². The minimum Gasteiger partial charge on any atom is -0.399 e. The zero-order chi connectivity index (χ0) is 15.6. The maximum absolute atomic E-state index is 12.0. The van der Waals surface area contributed by atoms with Gasteiger partial charge in [-0.05, 0) is 18.2 Å². The molecule has 0 radical (unpaired) electrons. The van der Waals surface area contributed by atoms with Crippen LogP contribution in [0.2, 0.25) is 0 Å². The van der Waals surface area contributed by atoms with Crippen molar-refractivity contribution in [2.75, 3.05) is 12.0 Å². The van der Waals surface area contributed by atoms with E-state index in [0.717, 1.165) is 6.26 Å². The van der Waals surface area contributed by atoms with E-state index in [-0.39, 0.29) is 22.7 Å². The molecule has 1 amide bonds. The van der Waals surface area contributed by atoms with Gasteiger partial charge >= 0.3 is 0 Å². The van der Waals surface area contributed by atoms with Gasteiger partial charge in [-0.1, -0.05) is 5.16 Å². The summed E-state index contributed by atoms with van der Waals surface area (Å²) in [5, 5.41) is 6.19. The van der Waals surface area contributed by atoms with Gasteiger partial charge in [-0.25, -0.2) is 8.42 Å². The van der Waals surface area contributed by atoms with E-state index < -0.39 is 15.7 Å². The van der Waals surface area contributed by atoms with Crippen molar-refractivity contribution in [3.05, 3.63) is 35.5 Å². The fourth-order valence-electron chi connectivity index (χ4n) is 1.64. The predicted octanol–water partition coefficient (Wildman–Crippen LogP) is 0.294. The van der Waals surface area contributed by atoms with Crippen LogP contribution in [0.1, 0.15) is 22.1 Å². The summed E-state index contributed by atoms with van der Waals surface area (Å²) in [5.74, 6) is 0.241. The van der Waals surface area contributed by atoms with E-state index in [1.165, 1.54) is 18.2 Å². The Morgan fingerprint density at radius 2 is 2.10 bits per heavy atom. The van der Waals surface area contributed by atoms with Crippen molar-refractivity contribution in [1.82, 2.24) is 15.5 Å². The van der Waals surface area contributed by atoms with Gasteiger partial charge < -0.3 is 15.6 Å². The highest BCUT2D eigenvalue weighted by molar-refractivity contribution is 7.90. The predicted molar refractivity (Wildman–Crippen MR) is 74.2 cm³/mol. The fourth-order valence-corrected chi connectivity index (χ4v) is 2.33. The van der Waals surface area contributed by atoms with Gasteiger partial charge in [-0.3, -0.25) is 4.79 Å². The van der Waals surface area contributed by atoms with Gasteiger partial charge in [0.25, 0.3) is 5.91 Å². The Morgan fingerprint density at radius 1 is 1.38 bits per heavy atom. The Morgan fingerprint density at radius 3 is 2.67 bits per heavy atom. The topological polar surface area (TPSA) is 128 Å². The molecule has 0 atom stereocenters. The third-order valence-corrected chi connectivity index (χ3v) is 3.69. The molecular weight excluding hydrogens is 296 g/mol. The molecule has 2 aromatic rings. The van der Waals surface area contributed by atoms with Crippen LogP contribution < -0.4 is 11.1 Å². The quantitative estimate of drug-likeness (QED) is 0.777. The van der Waals surface area contributed by atoms with Gasteiger partial charge in [-0.15, -0.1) is 0 Å². The minimum atomic E-state index is -3.44. The fraction of sp³-hybridized carbons (Fsp3) is 0.250. The van der Waals surface area contributed by atoms with Crippen molar-refractivity contribution in [1.29, 1.82) is 0 Å². The Balaban J connectivity index is 2.17. The number of amides is 1. The molecule has 0 unspecified atom stereocenters. The third-order valence-electron chi connectivity index (χ3n) is 2.60. The maximum Gasteiger partial charge on any atom is 0.251 e. The van der Waals surface area contributed by atoms with Crippen LogP contribution in [0.4, 0.5) is 5.69 Å². The number of anilines is 1. The molecular formula is C12H14N4O4S. The second-order valence-electron chi connectivity index (χ2n) is 4.48. The number of hydrogen-bond donors (Lipinski definition) is 2. The molecule has 0 spiro atoms. The van der Waals surface area contributed by atoms with E-state index >= 15 is 0 Å². The van der Waals surface area contributed by atoms with E-state index in [1.807, 2.05) is 0 Å². The highest BCUT2D eigenvalue weighted by atomic mass is 32.2. The first kappa shape index (κ1) is 15.0. The van der Waals surface area contributed by atoms with Gasteiger partial charge in [0.1, 0.15) is 0 Å². The summed E-state index contributed by atoms with van der Waals surface area (Å²) in [5.41, 5.74) is 5.96. The van der Waals surface area contributed by atoms with Crippen LogP contribution in [-0.4, -0.2) is 30.7 Å². The smallest absolute Gasteiger partial charge is 0.251 e. The molecule has 1 aromatic carbocycles. The lowest BCUT2D eigenvalue weighted by atomic mass is 10.2. The number of nitrogen functional groups attached to an aromatic ring is 1. The molecule has 0 fully saturated rings. The normalized spacial score (nSPS) is 11.3. The number of sulfone groups is 1. The maximum atomic E-state index is 12.0. The molecule has 1 aromatic heterocycles. The molecule has 1 heterocycles. The van der Waals surface area contributed by atoms with Crippen molar-refractivity contribution in [3.63, 3.8) is 0 Å². The molecule has 21 heavy (non-hydrogen) atoms. The number of benzene rings is 1. The lowest BCUT2D eigenvalue weighted by molar-refractivity contribution is 0.0949. The summed E-state index contributed by atoms with van der Waals surface area (Å²) < 4.78 is 27.8. The van der Waals surface area contributed by atoms with Crippen molar-refractivity contribution in [3.8, 4) is 0 Å². The van der Waals surface area contributed by atoms with E-state index in [9.17, 15) is 13.2 Å². The standard InChI is InChI=1S/C12H14N4O4S/c1-7-15-11(16-20-7)6-14-12(17)8-3-9(13)5-10(4-8)21(2,18)19/h3-5H,6,13H2,1-2H3,(H,14,17). The number of nitrogens with one attached hydrogen (secondary N) is 1.